The highest BCUT2D eigenvalue weighted by molar-refractivity contribution is 7.92. The largest absolute Gasteiger partial charge is 0.495 e. The van der Waals surface area contributed by atoms with Gasteiger partial charge < -0.3 is 10.1 Å². The van der Waals surface area contributed by atoms with Crippen LogP contribution < -0.4 is 14.4 Å². The molecule has 158 valence electrons. The van der Waals surface area contributed by atoms with Gasteiger partial charge in [0.15, 0.2) is 0 Å². The van der Waals surface area contributed by atoms with E-state index in [1.807, 2.05) is 44.2 Å². The normalized spacial score (nSPS) is 13.4. The van der Waals surface area contributed by atoms with Crippen LogP contribution in [0.4, 0.5) is 5.69 Å². The molecule has 1 N–H and O–H groups in total. The molecule has 2 rings (SSSR count). The fourth-order valence-corrected chi connectivity index (χ4v) is 4.38. The van der Waals surface area contributed by atoms with E-state index < -0.39 is 16.1 Å². The average molecular weight is 419 g/mol. The number of amides is 1. The van der Waals surface area contributed by atoms with Gasteiger partial charge in [-0.3, -0.25) is 9.10 Å². The number of sulfonamides is 1. The summed E-state index contributed by atoms with van der Waals surface area (Å²) in [4.78, 5) is 12.9. The Bertz CT molecular complexity index is 955. The molecule has 7 heteroatoms. The first kappa shape index (κ1) is 22.7. The number of carbonyl (C=O) groups excluding carboxylic acids is 1. The van der Waals surface area contributed by atoms with Gasteiger partial charge in [0.2, 0.25) is 15.9 Å². The highest BCUT2D eigenvalue weighted by Gasteiger charge is 2.32. The first-order chi connectivity index (χ1) is 13.6. The summed E-state index contributed by atoms with van der Waals surface area (Å²) in [5.41, 5.74) is 3.39. The van der Waals surface area contributed by atoms with Crippen LogP contribution in [0, 0.1) is 6.92 Å². The smallest absolute Gasteiger partial charge is 0.244 e. The van der Waals surface area contributed by atoms with E-state index in [9.17, 15) is 13.2 Å². The molecule has 0 aliphatic rings. The first-order valence-electron chi connectivity index (χ1n) is 9.61. The number of carbonyl (C=O) groups is 1. The lowest BCUT2D eigenvalue weighted by Crippen LogP contribution is -2.48. The molecule has 0 heterocycles. The molecule has 2 aromatic carbocycles. The zero-order chi connectivity index (χ0) is 21.8. The average Bonchev–Trinajstić information content (AvgIpc) is 2.67. The van der Waals surface area contributed by atoms with Crippen molar-refractivity contribution < 1.29 is 17.9 Å². The third-order valence-corrected chi connectivity index (χ3v) is 6.13. The second-order valence-corrected chi connectivity index (χ2v) is 9.09. The summed E-state index contributed by atoms with van der Waals surface area (Å²) < 4.78 is 31.6. The molecule has 0 radical (unpaired) electrons. The summed E-state index contributed by atoms with van der Waals surface area (Å²) in [7, 11) is -2.25. The van der Waals surface area contributed by atoms with Crippen LogP contribution in [0.25, 0.3) is 0 Å². The predicted octanol–water partition coefficient (Wildman–Crippen LogP) is 3.60. The molecule has 2 aromatic rings. The van der Waals surface area contributed by atoms with Crippen molar-refractivity contribution in [2.24, 2.45) is 0 Å². The summed E-state index contributed by atoms with van der Waals surface area (Å²) in [6.07, 6.45) is 2.03. The van der Waals surface area contributed by atoms with Crippen LogP contribution in [-0.2, 0) is 21.2 Å². The van der Waals surface area contributed by atoms with Gasteiger partial charge in [-0.25, -0.2) is 8.42 Å². The Kier molecular flexibility index (Phi) is 7.30. The molecule has 0 saturated heterocycles. The Hall–Kier alpha value is -2.54. The van der Waals surface area contributed by atoms with Gasteiger partial charge in [-0.15, -0.1) is 0 Å². The maximum atomic E-state index is 12.9. The van der Waals surface area contributed by atoms with Crippen LogP contribution in [0.3, 0.4) is 0 Å². The number of aryl methyl sites for hydroxylation is 2. The zero-order valence-electron chi connectivity index (χ0n) is 17.9. The van der Waals surface area contributed by atoms with Gasteiger partial charge >= 0.3 is 0 Å². The predicted molar refractivity (Wildman–Crippen MR) is 117 cm³/mol. The molecule has 1 amide bonds. The number of nitrogens with zero attached hydrogens (tertiary/aromatic N) is 1. The van der Waals surface area contributed by atoms with Crippen LogP contribution in [0.1, 0.15) is 43.5 Å². The molecule has 2 atom stereocenters. The molecule has 0 aromatic heterocycles. The number of hydrogen-bond acceptors (Lipinski definition) is 4. The summed E-state index contributed by atoms with van der Waals surface area (Å²) in [6.45, 7) is 7.39. The van der Waals surface area contributed by atoms with Gasteiger partial charge in [0.25, 0.3) is 0 Å². The van der Waals surface area contributed by atoms with Gasteiger partial charge in [-0.05, 0) is 56.0 Å². The number of nitrogens with one attached hydrogen (secondary N) is 1. The lowest BCUT2D eigenvalue weighted by molar-refractivity contribution is -0.122. The Morgan fingerprint density at radius 3 is 2.28 bits per heavy atom. The minimum Gasteiger partial charge on any atom is -0.495 e. The molecule has 6 nitrogen and oxygen atoms in total. The Morgan fingerprint density at radius 1 is 1.14 bits per heavy atom. The molecular weight excluding hydrogens is 388 g/mol. The van der Waals surface area contributed by atoms with E-state index in [0.29, 0.717) is 11.4 Å². The van der Waals surface area contributed by atoms with Gasteiger partial charge in [-0.1, -0.05) is 37.3 Å². The van der Waals surface area contributed by atoms with E-state index in [2.05, 4.69) is 12.2 Å². The molecule has 0 unspecified atom stereocenters. The van der Waals surface area contributed by atoms with E-state index in [1.54, 1.807) is 19.1 Å². The van der Waals surface area contributed by atoms with Crippen LogP contribution in [0.2, 0.25) is 0 Å². The lowest BCUT2D eigenvalue weighted by atomic mass is 10.0. The van der Waals surface area contributed by atoms with Crippen molar-refractivity contribution in [1.29, 1.82) is 0 Å². The molecule has 0 aliphatic heterocycles. The van der Waals surface area contributed by atoms with E-state index in [4.69, 9.17) is 4.74 Å². The second-order valence-electron chi connectivity index (χ2n) is 7.24. The summed E-state index contributed by atoms with van der Waals surface area (Å²) in [5, 5.41) is 2.92. The van der Waals surface area contributed by atoms with Gasteiger partial charge in [-0.2, -0.15) is 0 Å². The molecule has 0 spiro atoms. The van der Waals surface area contributed by atoms with Crippen molar-refractivity contribution in [2.45, 2.75) is 46.2 Å². The van der Waals surface area contributed by atoms with Crippen LogP contribution in [0.15, 0.2) is 42.5 Å². The summed E-state index contributed by atoms with van der Waals surface area (Å²) in [6, 6.07) is 12.1. The zero-order valence-corrected chi connectivity index (χ0v) is 18.7. The number of methoxy groups -OCH3 is 1. The van der Waals surface area contributed by atoms with Crippen molar-refractivity contribution >= 4 is 21.6 Å². The monoisotopic (exact) mass is 418 g/mol. The minimum atomic E-state index is -3.73. The Morgan fingerprint density at radius 2 is 1.76 bits per heavy atom. The van der Waals surface area contributed by atoms with Crippen molar-refractivity contribution in [2.75, 3.05) is 17.7 Å². The fourth-order valence-electron chi connectivity index (χ4n) is 3.21. The molecular formula is C22H30N2O4S. The lowest BCUT2D eigenvalue weighted by Gasteiger charge is -2.30. The van der Waals surface area contributed by atoms with Crippen LogP contribution in [0.5, 0.6) is 5.75 Å². The van der Waals surface area contributed by atoms with Gasteiger partial charge in [0.05, 0.1) is 25.1 Å². The van der Waals surface area contributed by atoms with Crippen molar-refractivity contribution in [3.63, 3.8) is 0 Å². The van der Waals surface area contributed by atoms with E-state index in [0.717, 1.165) is 28.1 Å². The highest BCUT2D eigenvalue weighted by atomic mass is 32.2. The number of ether oxygens (including phenoxy) is 1. The fraction of sp³-hybridized carbons (Fsp3) is 0.409. The molecule has 29 heavy (non-hydrogen) atoms. The molecule has 0 bridgehead atoms. The molecule has 0 fully saturated rings. The Balaban J connectivity index is 2.30. The third-order valence-electron chi connectivity index (χ3n) is 4.91. The number of anilines is 1. The summed E-state index contributed by atoms with van der Waals surface area (Å²) in [5.74, 6) is 0.00919. The Labute approximate surface area is 173 Å². The van der Waals surface area contributed by atoms with Crippen molar-refractivity contribution in [3.8, 4) is 5.75 Å². The maximum Gasteiger partial charge on any atom is 0.244 e. The second kappa shape index (κ2) is 9.31. The van der Waals surface area contributed by atoms with Crippen molar-refractivity contribution in [1.82, 2.24) is 5.32 Å². The minimum absolute atomic E-state index is 0.253. The third kappa shape index (κ3) is 5.50. The maximum absolute atomic E-state index is 12.9. The summed E-state index contributed by atoms with van der Waals surface area (Å²) >= 11 is 0. The van der Waals surface area contributed by atoms with Gasteiger partial charge in [0.1, 0.15) is 11.8 Å². The van der Waals surface area contributed by atoms with Gasteiger partial charge in [0, 0.05) is 0 Å². The number of benzene rings is 2. The topological polar surface area (TPSA) is 75.7 Å². The SMILES string of the molecule is CCc1ccc([C@H](C)NC(=O)[C@H](C)N(c2cc(C)ccc2OC)S(C)(=O)=O)cc1. The quantitative estimate of drug-likeness (QED) is 0.711. The standard InChI is InChI=1S/C22H30N2O4S/c1-7-18-9-11-19(12-10-18)16(3)23-22(25)17(4)24(29(6,26)27)20-14-15(2)8-13-21(20)28-5/h8-14,16-17H,7H2,1-6H3,(H,23,25)/t16-,17-/m0/s1. The van der Waals surface area contributed by atoms with E-state index in [-0.39, 0.29) is 11.9 Å². The van der Waals surface area contributed by atoms with Crippen LogP contribution >= 0.6 is 0 Å². The first-order valence-corrected chi connectivity index (χ1v) is 11.5. The number of hydrogen-bond donors (Lipinski definition) is 1. The molecule has 0 saturated carbocycles. The molecule has 0 aliphatic carbocycles. The van der Waals surface area contributed by atoms with E-state index in [1.165, 1.54) is 12.7 Å². The van der Waals surface area contributed by atoms with Crippen molar-refractivity contribution in [3.05, 3.63) is 59.2 Å². The number of rotatable bonds is 8. The van der Waals surface area contributed by atoms with E-state index >= 15 is 0 Å². The van der Waals surface area contributed by atoms with Crippen LogP contribution in [-0.4, -0.2) is 33.7 Å². The highest BCUT2D eigenvalue weighted by Crippen LogP contribution is 2.32.